The van der Waals surface area contributed by atoms with Gasteiger partial charge in [0.25, 0.3) is 0 Å². The van der Waals surface area contributed by atoms with Crippen LogP contribution in [-0.2, 0) is 10.0 Å². The first-order chi connectivity index (χ1) is 12.1. The van der Waals surface area contributed by atoms with Gasteiger partial charge in [-0.25, -0.2) is 13.1 Å². The lowest BCUT2D eigenvalue weighted by atomic mass is 10.3. The Labute approximate surface area is 149 Å². The highest BCUT2D eigenvalue weighted by Crippen LogP contribution is 2.21. The highest BCUT2D eigenvalue weighted by atomic mass is 32.2. The molecule has 0 N–H and O–H groups in total. The molecule has 1 saturated heterocycles. The van der Waals surface area contributed by atoms with Crippen molar-refractivity contribution in [2.75, 3.05) is 31.1 Å². The maximum Gasteiger partial charge on any atom is 0.243 e. The number of aromatic nitrogens is 4. The van der Waals surface area contributed by atoms with Gasteiger partial charge in [-0.3, -0.25) is 0 Å². The molecular formula is C15H16N6O2S2. The minimum Gasteiger partial charge on any atom is -0.352 e. The van der Waals surface area contributed by atoms with Gasteiger partial charge in [-0.15, -0.1) is 0 Å². The molecule has 3 aromatic rings. The van der Waals surface area contributed by atoms with Crippen molar-refractivity contribution in [3.63, 3.8) is 0 Å². The van der Waals surface area contributed by atoms with Crippen molar-refractivity contribution in [2.45, 2.75) is 4.90 Å². The predicted octanol–water partition coefficient (Wildman–Crippen LogP) is 1.23. The zero-order chi connectivity index (χ0) is 17.3. The van der Waals surface area contributed by atoms with Crippen molar-refractivity contribution in [2.24, 2.45) is 0 Å². The number of hydrogen-bond donors (Lipinski definition) is 0. The van der Waals surface area contributed by atoms with Crippen molar-refractivity contribution in [1.29, 1.82) is 0 Å². The molecule has 0 radical (unpaired) electrons. The Morgan fingerprint density at radius 1 is 1.04 bits per heavy atom. The Morgan fingerprint density at radius 3 is 2.40 bits per heavy atom. The fraction of sp³-hybridized carbons (Fsp3) is 0.267. The molecule has 25 heavy (non-hydrogen) atoms. The van der Waals surface area contributed by atoms with Gasteiger partial charge in [-0.2, -0.15) is 18.2 Å². The molecule has 1 aromatic carbocycles. The Kier molecular flexibility index (Phi) is 4.24. The van der Waals surface area contributed by atoms with E-state index >= 15 is 0 Å². The molecule has 10 heteroatoms. The molecule has 130 valence electrons. The van der Waals surface area contributed by atoms with E-state index in [0.717, 1.165) is 23.2 Å². The van der Waals surface area contributed by atoms with Gasteiger partial charge in [0.05, 0.1) is 28.5 Å². The number of rotatable bonds is 4. The minimum absolute atomic E-state index is 0.298. The van der Waals surface area contributed by atoms with Gasteiger partial charge in [0.2, 0.25) is 10.0 Å². The minimum atomic E-state index is -3.50. The Bertz CT molecular complexity index is 915. The van der Waals surface area contributed by atoms with Crippen LogP contribution in [0.15, 0.2) is 53.8 Å². The van der Waals surface area contributed by atoms with Crippen LogP contribution in [0, 0.1) is 0 Å². The van der Waals surface area contributed by atoms with Gasteiger partial charge in [0.15, 0.2) is 5.82 Å². The number of nitrogens with zero attached hydrogens (tertiary/aromatic N) is 6. The first-order valence-electron chi connectivity index (χ1n) is 7.77. The summed E-state index contributed by atoms with van der Waals surface area (Å²) in [7, 11) is -3.50. The Hall–Kier alpha value is -2.30. The summed E-state index contributed by atoms with van der Waals surface area (Å²) in [6, 6.07) is 8.60. The lowest BCUT2D eigenvalue weighted by Crippen LogP contribution is -2.48. The summed E-state index contributed by atoms with van der Waals surface area (Å²) in [5.74, 6) is 0.811. The van der Waals surface area contributed by atoms with Crippen LogP contribution in [0.4, 0.5) is 5.82 Å². The molecule has 3 heterocycles. The van der Waals surface area contributed by atoms with E-state index in [1.54, 1.807) is 41.3 Å². The Morgan fingerprint density at radius 2 is 1.80 bits per heavy atom. The van der Waals surface area contributed by atoms with Crippen LogP contribution >= 0.6 is 11.7 Å². The molecule has 0 spiro atoms. The van der Waals surface area contributed by atoms with Crippen molar-refractivity contribution in [1.82, 2.24) is 22.8 Å². The molecule has 2 aromatic heterocycles. The fourth-order valence-corrected chi connectivity index (χ4v) is 4.66. The van der Waals surface area contributed by atoms with Crippen molar-refractivity contribution >= 4 is 27.6 Å². The average Bonchev–Trinajstić information content (AvgIpc) is 3.36. The molecule has 0 atom stereocenters. The second-order valence-corrected chi connectivity index (χ2v) is 8.10. The molecule has 0 amide bonds. The lowest BCUT2D eigenvalue weighted by Gasteiger charge is -2.33. The average molecular weight is 376 g/mol. The predicted molar refractivity (Wildman–Crippen MR) is 94.4 cm³/mol. The van der Waals surface area contributed by atoms with E-state index in [-0.39, 0.29) is 0 Å². The quantitative estimate of drug-likeness (QED) is 0.681. The van der Waals surface area contributed by atoms with Crippen molar-refractivity contribution in [3.8, 4) is 5.69 Å². The zero-order valence-corrected chi connectivity index (χ0v) is 14.9. The molecule has 0 saturated carbocycles. The van der Waals surface area contributed by atoms with Crippen LogP contribution in [-0.4, -0.2) is 57.4 Å². The second kappa shape index (κ2) is 6.54. The van der Waals surface area contributed by atoms with E-state index in [2.05, 4.69) is 18.7 Å². The number of sulfonamides is 1. The van der Waals surface area contributed by atoms with Gasteiger partial charge in [-0.05, 0) is 30.3 Å². The molecular weight excluding hydrogens is 360 g/mol. The third-order valence-corrected chi connectivity index (χ3v) is 6.54. The summed E-state index contributed by atoms with van der Waals surface area (Å²) >= 11 is 1.16. The summed E-state index contributed by atoms with van der Waals surface area (Å²) < 4.78 is 37.1. The summed E-state index contributed by atoms with van der Waals surface area (Å²) in [5, 5.41) is 4.14. The Balaban J connectivity index is 1.48. The zero-order valence-electron chi connectivity index (χ0n) is 13.3. The topological polar surface area (TPSA) is 84.2 Å². The lowest BCUT2D eigenvalue weighted by molar-refractivity contribution is 0.384. The van der Waals surface area contributed by atoms with E-state index in [0.29, 0.717) is 31.1 Å². The summed E-state index contributed by atoms with van der Waals surface area (Å²) in [6.07, 6.45) is 5.21. The van der Waals surface area contributed by atoms with Gasteiger partial charge < -0.3 is 4.90 Å². The monoisotopic (exact) mass is 376 g/mol. The van der Waals surface area contributed by atoms with Crippen LogP contribution in [0.3, 0.4) is 0 Å². The third-order valence-electron chi connectivity index (χ3n) is 4.16. The number of benzene rings is 1. The molecule has 1 aliphatic rings. The van der Waals surface area contributed by atoms with E-state index < -0.39 is 10.0 Å². The van der Waals surface area contributed by atoms with Crippen LogP contribution < -0.4 is 4.90 Å². The largest absolute Gasteiger partial charge is 0.352 e. The number of piperazine rings is 1. The summed E-state index contributed by atoms with van der Waals surface area (Å²) in [5.41, 5.74) is 0.824. The number of hydrogen-bond acceptors (Lipinski definition) is 7. The SMILES string of the molecule is O=S(=O)(c1ccc(-n2cccn2)cc1)N1CCN(c2cnsn2)CC1. The van der Waals surface area contributed by atoms with Crippen LogP contribution in [0.1, 0.15) is 0 Å². The van der Waals surface area contributed by atoms with Gasteiger partial charge in [0, 0.05) is 38.6 Å². The highest BCUT2D eigenvalue weighted by molar-refractivity contribution is 7.89. The first-order valence-corrected chi connectivity index (χ1v) is 9.94. The normalized spacial score (nSPS) is 16.2. The fourth-order valence-electron chi connectivity index (χ4n) is 2.80. The van der Waals surface area contributed by atoms with Gasteiger partial charge >= 0.3 is 0 Å². The molecule has 4 rings (SSSR count). The molecule has 8 nitrogen and oxygen atoms in total. The maximum atomic E-state index is 12.8. The van der Waals surface area contributed by atoms with Crippen molar-refractivity contribution < 1.29 is 8.42 Å². The van der Waals surface area contributed by atoms with Crippen LogP contribution in [0.2, 0.25) is 0 Å². The molecule has 0 aliphatic carbocycles. The maximum absolute atomic E-state index is 12.8. The summed E-state index contributed by atoms with van der Waals surface area (Å²) in [6.45, 7) is 2.08. The smallest absolute Gasteiger partial charge is 0.243 e. The van der Waals surface area contributed by atoms with Gasteiger partial charge in [-0.1, -0.05) is 0 Å². The standard InChI is InChI=1S/C15H16N6O2S2/c22-25(23,14-4-2-13(3-5-14)21-7-1-6-16-21)20-10-8-19(9-11-20)15-12-17-24-18-15/h1-7,12H,8-11H2. The van der Waals surface area contributed by atoms with Crippen LogP contribution in [0.5, 0.6) is 0 Å². The molecule has 1 fully saturated rings. The van der Waals surface area contributed by atoms with Crippen LogP contribution in [0.25, 0.3) is 5.69 Å². The van der Waals surface area contributed by atoms with E-state index in [1.165, 1.54) is 4.31 Å². The van der Waals surface area contributed by atoms with E-state index in [4.69, 9.17) is 0 Å². The van der Waals surface area contributed by atoms with Gasteiger partial charge in [0.1, 0.15) is 0 Å². The van der Waals surface area contributed by atoms with E-state index in [1.807, 2.05) is 12.3 Å². The van der Waals surface area contributed by atoms with Crippen molar-refractivity contribution in [3.05, 3.63) is 48.9 Å². The third kappa shape index (κ3) is 3.15. The van der Waals surface area contributed by atoms with E-state index in [9.17, 15) is 8.42 Å². The molecule has 0 bridgehead atoms. The number of anilines is 1. The molecule has 1 aliphatic heterocycles. The first kappa shape index (κ1) is 16.2. The molecule has 0 unspecified atom stereocenters. The second-order valence-electron chi connectivity index (χ2n) is 5.60. The highest BCUT2D eigenvalue weighted by Gasteiger charge is 2.29. The summed E-state index contributed by atoms with van der Waals surface area (Å²) in [4.78, 5) is 2.35.